The van der Waals surface area contributed by atoms with E-state index in [1.54, 1.807) is 0 Å². The lowest BCUT2D eigenvalue weighted by Crippen LogP contribution is -2.65. The molecule has 12 atom stereocenters. The third kappa shape index (κ3) is 37.0. The van der Waals surface area contributed by atoms with Crippen LogP contribution < -0.4 is 5.32 Å². The fraction of sp³-hybridized carbons (Fsp3) is 0.836. The minimum atomic E-state index is -1.78. The number of allylic oxidation sites excluding steroid dienone is 10. The van der Waals surface area contributed by atoms with Crippen LogP contribution in [0.4, 0.5) is 0 Å². The molecule has 0 aromatic heterocycles. The number of aliphatic hydroxyl groups excluding tert-OH is 8. The van der Waals surface area contributed by atoms with Crippen LogP contribution in [0.2, 0.25) is 0 Å². The molecule has 472 valence electrons. The van der Waals surface area contributed by atoms with E-state index >= 15 is 0 Å². The van der Waals surface area contributed by atoms with Gasteiger partial charge < -0.3 is 65.1 Å². The average Bonchev–Trinajstić information content (AvgIpc) is 3.62. The molecule has 0 radical (unpaired) electrons. The molecule has 0 bridgehead atoms. The van der Waals surface area contributed by atoms with Gasteiger partial charge in [0.2, 0.25) is 5.91 Å². The molecule has 2 rings (SSSR count). The summed E-state index contributed by atoms with van der Waals surface area (Å²) in [5, 5.41) is 87.5. The predicted molar refractivity (Wildman–Crippen MR) is 327 cm³/mol. The number of hydrogen-bond donors (Lipinski definition) is 9. The van der Waals surface area contributed by atoms with Crippen LogP contribution in [0.15, 0.2) is 60.8 Å². The van der Waals surface area contributed by atoms with Crippen molar-refractivity contribution in [3.8, 4) is 0 Å². The number of unbranched alkanes of at least 4 members (excludes halogenated alkanes) is 30. The third-order valence-electron chi connectivity index (χ3n) is 16.0. The lowest BCUT2D eigenvalue weighted by atomic mass is 9.97. The molecule has 2 aliphatic heterocycles. The minimum Gasteiger partial charge on any atom is -0.394 e. The van der Waals surface area contributed by atoms with E-state index < -0.39 is 86.8 Å². The van der Waals surface area contributed by atoms with Crippen LogP contribution in [0.1, 0.15) is 264 Å². The summed E-state index contributed by atoms with van der Waals surface area (Å²) in [6, 6.07) is -0.834. The number of rotatable bonds is 53. The van der Waals surface area contributed by atoms with E-state index in [1.165, 1.54) is 148 Å². The van der Waals surface area contributed by atoms with Crippen molar-refractivity contribution < 1.29 is 64.6 Å². The fourth-order valence-electron chi connectivity index (χ4n) is 10.7. The Balaban J connectivity index is 1.70. The van der Waals surface area contributed by atoms with Crippen LogP contribution >= 0.6 is 0 Å². The van der Waals surface area contributed by atoms with Crippen molar-refractivity contribution in [3.63, 3.8) is 0 Å². The normalized spacial score (nSPS) is 24.5. The molecule has 2 saturated heterocycles. The van der Waals surface area contributed by atoms with Crippen LogP contribution in [0, 0.1) is 0 Å². The molecule has 2 aliphatic rings. The monoisotopic (exact) mass is 1150 g/mol. The molecule has 9 N–H and O–H groups in total. The largest absolute Gasteiger partial charge is 0.394 e. The smallest absolute Gasteiger partial charge is 0.220 e. The van der Waals surface area contributed by atoms with E-state index in [0.29, 0.717) is 12.8 Å². The summed E-state index contributed by atoms with van der Waals surface area (Å²) in [4.78, 5) is 13.3. The Morgan fingerprint density at radius 2 is 0.852 bits per heavy atom. The Morgan fingerprint density at radius 1 is 0.457 bits per heavy atom. The van der Waals surface area contributed by atoms with Gasteiger partial charge in [-0.2, -0.15) is 0 Å². The van der Waals surface area contributed by atoms with Gasteiger partial charge in [-0.15, -0.1) is 0 Å². The average molecular weight is 1150 g/mol. The molecule has 0 aliphatic carbocycles. The first-order valence-corrected chi connectivity index (χ1v) is 33.0. The first-order valence-electron chi connectivity index (χ1n) is 33.0. The van der Waals surface area contributed by atoms with Gasteiger partial charge in [0.25, 0.3) is 0 Å². The maximum absolute atomic E-state index is 13.3. The van der Waals surface area contributed by atoms with Gasteiger partial charge >= 0.3 is 0 Å². The summed E-state index contributed by atoms with van der Waals surface area (Å²) in [6.45, 7) is 2.77. The summed E-state index contributed by atoms with van der Waals surface area (Å²) in [5.74, 6) is -0.209. The number of nitrogens with one attached hydrogen (secondary N) is 1. The fourth-order valence-corrected chi connectivity index (χ4v) is 10.7. The Kier molecular flexibility index (Phi) is 48.1. The van der Waals surface area contributed by atoms with E-state index in [1.807, 2.05) is 0 Å². The lowest BCUT2D eigenvalue weighted by Gasteiger charge is -2.46. The van der Waals surface area contributed by atoms with Crippen molar-refractivity contribution in [3.05, 3.63) is 60.8 Å². The molecular weight excluding hydrogens is 1030 g/mol. The van der Waals surface area contributed by atoms with Gasteiger partial charge in [0.1, 0.15) is 48.8 Å². The SMILES string of the molecule is CC/C=C\C/C=C\C/C=C\C/C=C\C/C=C\CCCCCCCCCCCCCC(=O)NC(COC1OC(CO)C(OC2OC(CO)C(O)C(O)C2O)C(O)C1O)C(O)CCCCCCCCCCCCCCCCCCCCCC. The topological polar surface area (TPSA) is 228 Å². The molecule has 0 spiro atoms. The number of ether oxygens (including phenoxy) is 4. The summed E-state index contributed by atoms with van der Waals surface area (Å²) in [5.41, 5.74) is 0. The Hall–Kier alpha value is -2.31. The summed E-state index contributed by atoms with van der Waals surface area (Å²) >= 11 is 0. The highest BCUT2D eigenvalue weighted by molar-refractivity contribution is 5.76. The molecule has 1 amide bonds. The molecule has 12 unspecified atom stereocenters. The quantitative estimate of drug-likeness (QED) is 0.0204. The van der Waals surface area contributed by atoms with Crippen molar-refractivity contribution in [2.45, 2.75) is 338 Å². The van der Waals surface area contributed by atoms with Crippen LogP contribution in [0.5, 0.6) is 0 Å². The van der Waals surface area contributed by atoms with Gasteiger partial charge in [-0.1, -0.05) is 261 Å². The highest BCUT2D eigenvalue weighted by Gasteiger charge is 2.51. The molecule has 0 aromatic carbocycles. The summed E-state index contributed by atoms with van der Waals surface area (Å²) < 4.78 is 22.9. The minimum absolute atomic E-state index is 0.209. The molecule has 2 heterocycles. The summed E-state index contributed by atoms with van der Waals surface area (Å²) in [6.07, 6.45) is 50.7. The zero-order valence-electron chi connectivity index (χ0n) is 51.0. The molecule has 14 nitrogen and oxygen atoms in total. The highest BCUT2D eigenvalue weighted by atomic mass is 16.7. The second-order valence-electron chi connectivity index (χ2n) is 23.2. The molecular formula is C67H121NO13. The van der Waals surface area contributed by atoms with Gasteiger partial charge in [-0.05, 0) is 57.8 Å². The second-order valence-corrected chi connectivity index (χ2v) is 23.2. The van der Waals surface area contributed by atoms with Gasteiger partial charge in [0, 0.05) is 6.42 Å². The van der Waals surface area contributed by atoms with E-state index in [-0.39, 0.29) is 12.5 Å². The molecule has 14 heteroatoms. The number of carbonyl (C=O) groups is 1. The van der Waals surface area contributed by atoms with Crippen LogP contribution in [-0.4, -0.2) is 140 Å². The number of amides is 1. The van der Waals surface area contributed by atoms with Crippen molar-refractivity contribution >= 4 is 5.91 Å². The van der Waals surface area contributed by atoms with Crippen molar-refractivity contribution in [1.29, 1.82) is 0 Å². The van der Waals surface area contributed by atoms with E-state index in [9.17, 15) is 45.6 Å². The zero-order chi connectivity index (χ0) is 58.8. The van der Waals surface area contributed by atoms with Crippen molar-refractivity contribution in [1.82, 2.24) is 5.32 Å². The van der Waals surface area contributed by atoms with Gasteiger partial charge in [-0.3, -0.25) is 4.79 Å². The first-order chi connectivity index (χ1) is 39.6. The molecule has 0 aromatic rings. The highest BCUT2D eigenvalue weighted by Crippen LogP contribution is 2.30. The summed E-state index contributed by atoms with van der Waals surface area (Å²) in [7, 11) is 0. The van der Waals surface area contributed by atoms with Crippen molar-refractivity contribution in [2.24, 2.45) is 0 Å². The number of aliphatic hydroxyl groups is 8. The second kappa shape index (κ2) is 52.1. The van der Waals surface area contributed by atoms with Crippen LogP contribution in [0.3, 0.4) is 0 Å². The standard InChI is InChI=1S/C67H121NO13/c1-3-5-7-9-11-13-15-17-19-21-23-25-26-27-28-29-30-31-33-35-37-39-41-43-45-47-49-51-59(72)68-55(56(71)50-48-46-44-42-40-38-36-34-32-24-22-20-18-16-14-12-10-8-6-4-2)54-78-66-64(77)62(75)65(58(53-70)80-66)81-67-63(76)61(74)60(73)57(52-69)79-67/h5,7,11,13,17,19,23,25,27-28,55-58,60-67,69-71,73-77H,3-4,6,8-10,12,14-16,18,20-22,24,26,29-54H2,1-2H3,(H,68,72)/b7-5-,13-11-,19-17-,25-23-,28-27-. The Bertz CT molecular complexity index is 1590. The Labute approximate surface area is 492 Å². The van der Waals surface area contributed by atoms with E-state index in [2.05, 4.69) is 79.9 Å². The third-order valence-corrected chi connectivity index (χ3v) is 16.0. The maximum atomic E-state index is 13.3. The predicted octanol–water partition coefficient (Wildman–Crippen LogP) is 12.5. The van der Waals surface area contributed by atoms with Crippen molar-refractivity contribution in [2.75, 3.05) is 19.8 Å². The first kappa shape index (κ1) is 74.8. The molecule has 0 saturated carbocycles. The lowest BCUT2D eigenvalue weighted by molar-refractivity contribution is -0.359. The van der Waals surface area contributed by atoms with Gasteiger partial charge in [0.15, 0.2) is 12.6 Å². The zero-order valence-corrected chi connectivity index (χ0v) is 51.0. The van der Waals surface area contributed by atoms with Gasteiger partial charge in [-0.25, -0.2) is 0 Å². The van der Waals surface area contributed by atoms with Crippen LogP contribution in [-0.2, 0) is 23.7 Å². The van der Waals surface area contributed by atoms with E-state index in [0.717, 1.165) is 89.9 Å². The number of carbonyl (C=O) groups excluding carboxylic acids is 1. The van der Waals surface area contributed by atoms with Gasteiger partial charge in [0.05, 0.1) is 32.0 Å². The Morgan fingerprint density at radius 3 is 1.31 bits per heavy atom. The molecule has 81 heavy (non-hydrogen) atoms. The van der Waals surface area contributed by atoms with E-state index in [4.69, 9.17) is 18.9 Å². The maximum Gasteiger partial charge on any atom is 0.220 e. The molecule has 2 fully saturated rings. The van der Waals surface area contributed by atoms with Crippen LogP contribution in [0.25, 0.3) is 0 Å². The number of hydrogen-bond acceptors (Lipinski definition) is 13.